The molecule has 108 valence electrons. The van der Waals surface area contributed by atoms with Crippen LogP contribution in [0.2, 0.25) is 0 Å². The average Bonchev–Trinajstić information content (AvgIpc) is 2.34. The number of nitrogens with zero attached hydrogens (tertiary/aromatic N) is 1. The lowest BCUT2D eigenvalue weighted by atomic mass is 10.0. The molecule has 0 fully saturated rings. The maximum absolute atomic E-state index is 5.81. The summed E-state index contributed by atoms with van der Waals surface area (Å²) >= 11 is 0. The molecule has 0 saturated heterocycles. The van der Waals surface area contributed by atoms with E-state index in [1.807, 2.05) is 0 Å². The monoisotopic (exact) mass is 375 g/mol. The Morgan fingerprint density at radius 3 is 2.32 bits per heavy atom. The number of halogens is 1. The lowest BCUT2D eigenvalue weighted by Crippen LogP contribution is -2.34. The zero-order valence-corrected chi connectivity index (χ0v) is 14.6. The third-order valence-corrected chi connectivity index (χ3v) is 2.86. The van der Waals surface area contributed by atoms with E-state index in [1.54, 1.807) is 0 Å². The number of hydrogen-bond acceptors (Lipinski definition) is 1. The van der Waals surface area contributed by atoms with E-state index in [0.29, 0.717) is 17.8 Å². The van der Waals surface area contributed by atoms with Crippen LogP contribution in [0.15, 0.2) is 29.3 Å². The van der Waals surface area contributed by atoms with Gasteiger partial charge in [0.05, 0.1) is 0 Å². The van der Waals surface area contributed by atoms with E-state index in [2.05, 4.69) is 62.3 Å². The van der Waals surface area contributed by atoms with E-state index >= 15 is 0 Å². The minimum absolute atomic E-state index is 0. The summed E-state index contributed by atoms with van der Waals surface area (Å²) in [5.74, 6) is 1.51. The highest BCUT2D eigenvalue weighted by Gasteiger charge is 2.05. The van der Waals surface area contributed by atoms with Gasteiger partial charge >= 0.3 is 0 Å². The minimum atomic E-state index is 0. The molecule has 1 aromatic rings. The number of hydrogen-bond donors (Lipinski definition) is 2. The number of benzene rings is 1. The van der Waals surface area contributed by atoms with Crippen molar-refractivity contribution in [3.8, 4) is 0 Å². The van der Waals surface area contributed by atoms with E-state index in [4.69, 9.17) is 5.73 Å². The van der Waals surface area contributed by atoms with Crippen molar-refractivity contribution in [1.82, 2.24) is 5.32 Å². The number of aliphatic imine (C=N–C) groups is 1. The second-order valence-corrected chi connectivity index (χ2v) is 5.31. The molecular weight excluding hydrogens is 349 g/mol. The average molecular weight is 375 g/mol. The SMILES string of the molecule is Cc1ccc(C(C)CNC(N)=NCC(C)C)cc1.I. The quantitative estimate of drug-likeness (QED) is 0.472. The van der Waals surface area contributed by atoms with Gasteiger partial charge in [-0.1, -0.05) is 50.6 Å². The molecule has 0 saturated carbocycles. The smallest absolute Gasteiger partial charge is 0.188 e. The molecule has 0 aromatic heterocycles. The molecule has 1 rings (SSSR count). The Morgan fingerprint density at radius 2 is 1.79 bits per heavy atom. The van der Waals surface area contributed by atoms with Crippen molar-refractivity contribution in [2.45, 2.75) is 33.6 Å². The van der Waals surface area contributed by atoms with Crippen LogP contribution in [0.5, 0.6) is 0 Å². The first-order valence-corrected chi connectivity index (χ1v) is 6.59. The van der Waals surface area contributed by atoms with Gasteiger partial charge in [0.1, 0.15) is 0 Å². The predicted octanol–water partition coefficient (Wildman–Crippen LogP) is 3.28. The number of nitrogens with two attached hydrogens (primary N) is 1. The summed E-state index contributed by atoms with van der Waals surface area (Å²) < 4.78 is 0. The summed E-state index contributed by atoms with van der Waals surface area (Å²) in [4.78, 5) is 4.29. The molecule has 0 aliphatic carbocycles. The van der Waals surface area contributed by atoms with Crippen LogP contribution < -0.4 is 11.1 Å². The van der Waals surface area contributed by atoms with Crippen LogP contribution in [0.25, 0.3) is 0 Å². The number of guanidine groups is 1. The van der Waals surface area contributed by atoms with Gasteiger partial charge in [0.2, 0.25) is 0 Å². The predicted molar refractivity (Wildman–Crippen MR) is 94.3 cm³/mol. The zero-order valence-electron chi connectivity index (χ0n) is 12.3. The summed E-state index contributed by atoms with van der Waals surface area (Å²) in [6.07, 6.45) is 0. The van der Waals surface area contributed by atoms with Crippen LogP contribution in [0.4, 0.5) is 0 Å². The summed E-state index contributed by atoms with van der Waals surface area (Å²) in [5.41, 5.74) is 8.42. The Balaban J connectivity index is 0.00000324. The maximum Gasteiger partial charge on any atom is 0.188 e. The summed E-state index contributed by atoms with van der Waals surface area (Å²) in [5, 5.41) is 3.18. The Hall–Kier alpha value is -0.780. The molecule has 0 spiro atoms. The van der Waals surface area contributed by atoms with Gasteiger partial charge in [-0.05, 0) is 24.3 Å². The third-order valence-electron chi connectivity index (χ3n) is 2.86. The van der Waals surface area contributed by atoms with E-state index in [-0.39, 0.29) is 24.0 Å². The minimum Gasteiger partial charge on any atom is -0.370 e. The standard InChI is InChI=1S/C15H25N3.HI/c1-11(2)9-17-15(16)18-10-13(4)14-7-5-12(3)6-8-14;/h5-8,11,13H,9-10H2,1-4H3,(H3,16,17,18);1H. The summed E-state index contributed by atoms with van der Waals surface area (Å²) in [6.45, 7) is 10.1. The van der Waals surface area contributed by atoms with Crippen molar-refractivity contribution in [2.24, 2.45) is 16.6 Å². The highest BCUT2D eigenvalue weighted by Crippen LogP contribution is 2.14. The second-order valence-electron chi connectivity index (χ2n) is 5.31. The Bertz CT molecular complexity index is 385. The van der Waals surface area contributed by atoms with Gasteiger partial charge in [-0.25, -0.2) is 0 Å². The fourth-order valence-electron chi connectivity index (χ4n) is 1.61. The zero-order chi connectivity index (χ0) is 13.5. The summed E-state index contributed by atoms with van der Waals surface area (Å²) in [7, 11) is 0. The lowest BCUT2D eigenvalue weighted by Gasteiger charge is -2.14. The molecule has 3 nitrogen and oxygen atoms in total. The van der Waals surface area contributed by atoms with Crippen molar-refractivity contribution >= 4 is 29.9 Å². The topological polar surface area (TPSA) is 50.4 Å². The largest absolute Gasteiger partial charge is 0.370 e. The molecule has 3 N–H and O–H groups in total. The van der Waals surface area contributed by atoms with Gasteiger partial charge in [-0.3, -0.25) is 4.99 Å². The summed E-state index contributed by atoms with van der Waals surface area (Å²) in [6, 6.07) is 8.62. The van der Waals surface area contributed by atoms with Gasteiger partial charge in [-0.2, -0.15) is 0 Å². The van der Waals surface area contributed by atoms with Crippen LogP contribution in [-0.2, 0) is 0 Å². The van der Waals surface area contributed by atoms with Crippen molar-refractivity contribution in [3.05, 3.63) is 35.4 Å². The molecular formula is C15H26IN3. The lowest BCUT2D eigenvalue weighted by molar-refractivity contribution is 0.656. The first-order chi connectivity index (χ1) is 8.49. The number of nitrogens with one attached hydrogen (secondary N) is 1. The Morgan fingerprint density at radius 1 is 1.21 bits per heavy atom. The third kappa shape index (κ3) is 7.40. The molecule has 1 atom stereocenters. The molecule has 0 amide bonds. The van der Waals surface area contributed by atoms with E-state index < -0.39 is 0 Å². The van der Waals surface area contributed by atoms with Crippen molar-refractivity contribution in [2.75, 3.05) is 13.1 Å². The maximum atomic E-state index is 5.81. The Kier molecular flexibility index (Phi) is 8.80. The van der Waals surface area contributed by atoms with Gasteiger partial charge in [0.25, 0.3) is 0 Å². The molecule has 0 heterocycles. The van der Waals surface area contributed by atoms with Crippen molar-refractivity contribution in [1.29, 1.82) is 0 Å². The van der Waals surface area contributed by atoms with Crippen LogP contribution >= 0.6 is 24.0 Å². The fourth-order valence-corrected chi connectivity index (χ4v) is 1.61. The number of rotatable bonds is 5. The van der Waals surface area contributed by atoms with E-state index in [0.717, 1.165) is 13.1 Å². The molecule has 0 aliphatic rings. The molecule has 4 heteroatoms. The molecule has 0 aliphatic heterocycles. The van der Waals surface area contributed by atoms with Crippen LogP contribution in [0, 0.1) is 12.8 Å². The van der Waals surface area contributed by atoms with Gasteiger partial charge in [0.15, 0.2) is 5.96 Å². The van der Waals surface area contributed by atoms with Gasteiger partial charge in [-0.15, -0.1) is 24.0 Å². The van der Waals surface area contributed by atoms with Crippen molar-refractivity contribution < 1.29 is 0 Å². The van der Waals surface area contributed by atoms with Crippen LogP contribution in [0.3, 0.4) is 0 Å². The van der Waals surface area contributed by atoms with E-state index in [1.165, 1.54) is 11.1 Å². The van der Waals surface area contributed by atoms with Crippen molar-refractivity contribution in [3.63, 3.8) is 0 Å². The van der Waals surface area contributed by atoms with Gasteiger partial charge < -0.3 is 11.1 Å². The highest BCUT2D eigenvalue weighted by atomic mass is 127. The first-order valence-electron chi connectivity index (χ1n) is 6.59. The number of aryl methyl sites for hydroxylation is 1. The molecule has 1 aromatic carbocycles. The van der Waals surface area contributed by atoms with Gasteiger partial charge in [0, 0.05) is 13.1 Å². The highest BCUT2D eigenvalue weighted by molar-refractivity contribution is 14.0. The second kappa shape index (κ2) is 9.18. The van der Waals surface area contributed by atoms with Crippen LogP contribution in [0.1, 0.15) is 37.8 Å². The Labute approximate surface area is 134 Å². The first kappa shape index (κ1) is 18.2. The molecule has 1 unspecified atom stereocenters. The van der Waals surface area contributed by atoms with E-state index in [9.17, 15) is 0 Å². The molecule has 0 radical (unpaired) electrons. The molecule has 19 heavy (non-hydrogen) atoms. The van der Waals surface area contributed by atoms with Crippen LogP contribution in [-0.4, -0.2) is 19.0 Å². The normalized spacial score (nSPS) is 13.0. The molecule has 0 bridgehead atoms. The fraction of sp³-hybridized carbons (Fsp3) is 0.533.